The summed E-state index contributed by atoms with van der Waals surface area (Å²) in [5, 5.41) is 13.1. The summed E-state index contributed by atoms with van der Waals surface area (Å²) in [6.45, 7) is 7.88. The highest BCUT2D eigenvalue weighted by Crippen LogP contribution is 2.38. The molecule has 0 aliphatic carbocycles. The molecule has 1 aliphatic rings. The molecule has 1 aliphatic heterocycles. The maximum absolute atomic E-state index is 11.9. The van der Waals surface area contributed by atoms with Gasteiger partial charge in [-0.15, -0.1) is 10.3 Å². The number of rotatable bonds is 1. The van der Waals surface area contributed by atoms with Crippen molar-refractivity contribution in [3.05, 3.63) is 0 Å². The SMILES string of the molecule is CC1(C)CC(OP)CC(C)(C)N1[O]. The third kappa shape index (κ3) is 2.21. The molecule has 0 bridgehead atoms. The lowest BCUT2D eigenvalue weighted by atomic mass is 9.80. The summed E-state index contributed by atoms with van der Waals surface area (Å²) in [6.07, 6.45) is 1.77. The van der Waals surface area contributed by atoms with E-state index in [4.69, 9.17) is 4.52 Å². The molecule has 1 unspecified atom stereocenters. The zero-order valence-corrected chi connectivity index (χ0v) is 9.99. The minimum Gasteiger partial charge on any atom is -0.362 e. The lowest BCUT2D eigenvalue weighted by Crippen LogP contribution is -2.59. The van der Waals surface area contributed by atoms with E-state index in [9.17, 15) is 5.21 Å². The number of piperidine rings is 1. The molecule has 1 saturated heterocycles. The highest BCUT2D eigenvalue weighted by molar-refractivity contribution is 7.09. The van der Waals surface area contributed by atoms with Gasteiger partial charge in [0, 0.05) is 20.5 Å². The van der Waals surface area contributed by atoms with Crippen LogP contribution in [0.25, 0.3) is 0 Å². The monoisotopic (exact) mass is 204 g/mol. The quantitative estimate of drug-likeness (QED) is 0.613. The molecular formula is C9H19NO2P. The Morgan fingerprint density at radius 3 is 1.92 bits per heavy atom. The fourth-order valence-electron chi connectivity index (χ4n) is 2.27. The largest absolute Gasteiger partial charge is 0.362 e. The summed E-state index contributed by atoms with van der Waals surface area (Å²) in [6, 6.07) is 0. The minimum atomic E-state index is -0.316. The van der Waals surface area contributed by atoms with Crippen molar-refractivity contribution in [2.24, 2.45) is 0 Å². The number of hydrogen-bond acceptors (Lipinski definition) is 2. The molecule has 1 fully saturated rings. The lowest BCUT2D eigenvalue weighted by molar-refractivity contribution is -0.296. The van der Waals surface area contributed by atoms with Crippen molar-refractivity contribution in [3.63, 3.8) is 0 Å². The Bertz CT molecular complexity index is 176. The Hall–Kier alpha value is 0.310. The highest BCUT2D eigenvalue weighted by Gasteiger charge is 2.46. The van der Waals surface area contributed by atoms with Crippen LogP contribution in [0.5, 0.6) is 0 Å². The smallest absolute Gasteiger partial charge is 0.0647 e. The van der Waals surface area contributed by atoms with Gasteiger partial charge in [-0.1, -0.05) is 0 Å². The van der Waals surface area contributed by atoms with Crippen LogP contribution in [0.1, 0.15) is 40.5 Å². The van der Waals surface area contributed by atoms with Crippen LogP contribution in [0.3, 0.4) is 0 Å². The first kappa shape index (κ1) is 11.4. The summed E-state index contributed by atoms with van der Waals surface area (Å²) >= 11 is 0. The molecule has 0 aromatic rings. The van der Waals surface area contributed by atoms with Crippen LogP contribution in [0.4, 0.5) is 0 Å². The average Bonchev–Trinajstić information content (AvgIpc) is 1.99. The molecular weight excluding hydrogens is 185 g/mol. The standard InChI is InChI=1S/C9H19NO2P/c1-8(2)5-7(12-13)6-9(3,4)10(8)11/h7H,5-6,13H2,1-4H3. The second-order valence-electron chi connectivity index (χ2n) is 5.09. The molecule has 1 heterocycles. The van der Waals surface area contributed by atoms with E-state index in [0.717, 1.165) is 12.8 Å². The van der Waals surface area contributed by atoms with Gasteiger partial charge in [0.15, 0.2) is 0 Å². The van der Waals surface area contributed by atoms with E-state index in [2.05, 4.69) is 9.47 Å². The van der Waals surface area contributed by atoms with Gasteiger partial charge in [-0.25, -0.2) is 0 Å². The summed E-state index contributed by atoms with van der Waals surface area (Å²) < 4.78 is 5.26. The molecule has 77 valence electrons. The van der Waals surface area contributed by atoms with E-state index in [0.29, 0.717) is 0 Å². The molecule has 0 aromatic carbocycles. The molecule has 0 saturated carbocycles. The molecule has 1 radical (unpaired) electrons. The van der Waals surface area contributed by atoms with E-state index in [1.54, 1.807) is 0 Å². The first-order chi connectivity index (χ1) is 5.79. The van der Waals surface area contributed by atoms with Crippen LogP contribution in [0.15, 0.2) is 0 Å². The number of hydrogen-bond donors (Lipinski definition) is 0. The first-order valence-electron chi connectivity index (χ1n) is 4.62. The zero-order chi connectivity index (χ0) is 10.3. The number of nitrogens with zero attached hydrogens (tertiary/aromatic N) is 1. The molecule has 0 amide bonds. The van der Waals surface area contributed by atoms with Gasteiger partial charge in [-0.3, -0.25) is 0 Å². The van der Waals surface area contributed by atoms with Crippen LogP contribution in [0, 0.1) is 0 Å². The average molecular weight is 204 g/mol. The Morgan fingerprint density at radius 1 is 1.23 bits per heavy atom. The Morgan fingerprint density at radius 2 is 1.62 bits per heavy atom. The van der Waals surface area contributed by atoms with E-state index in [-0.39, 0.29) is 17.2 Å². The van der Waals surface area contributed by atoms with Crippen molar-refractivity contribution in [1.82, 2.24) is 5.06 Å². The van der Waals surface area contributed by atoms with Crippen LogP contribution in [0.2, 0.25) is 0 Å². The van der Waals surface area contributed by atoms with Crippen molar-refractivity contribution >= 4 is 9.47 Å². The van der Waals surface area contributed by atoms with E-state index in [1.807, 2.05) is 27.7 Å². The van der Waals surface area contributed by atoms with Gasteiger partial charge in [0.05, 0.1) is 6.10 Å². The fraction of sp³-hybridized carbons (Fsp3) is 1.00. The Balaban J connectivity index is 2.82. The molecule has 13 heavy (non-hydrogen) atoms. The summed E-state index contributed by atoms with van der Waals surface area (Å²) in [7, 11) is 2.29. The molecule has 0 N–H and O–H groups in total. The van der Waals surface area contributed by atoms with Gasteiger partial charge in [0.25, 0.3) is 0 Å². The first-order valence-corrected chi connectivity index (χ1v) is 5.10. The predicted octanol–water partition coefficient (Wildman–Crippen LogP) is 2.16. The normalized spacial score (nSPS) is 29.1. The molecule has 1 atom stereocenters. The summed E-state index contributed by atoms with van der Waals surface area (Å²) in [5.74, 6) is 0. The molecule has 3 nitrogen and oxygen atoms in total. The van der Waals surface area contributed by atoms with Crippen LogP contribution < -0.4 is 0 Å². The number of hydroxylamine groups is 2. The maximum Gasteiger partial charge on any atom is 0.0647 e. The van der Waals surface area contributed by atoms with Crippen molar-refractivity contribution in [1.29, 1.82) is 0 Å². The molecule has 1 rings (SSSR count). The van der Waals surface area contributed by atoms with Crippen molar-refractivity contribution < 1.29 is 9.73 Å². The predicted molar refractivity (Wildman–Crippen MR) is 54.5 cm³/mol. The van der Waals surface area contributed by atoms with Crippen molar-refractivity contribution in [2.45, 2.75) is 57.7 Å². The highest BCUT2D eigenvalue weighted by atomic mass is 31.0. The molecule has 0 aromatic heterocycles. The van der Waals surface area contributed by atoms with E-state index in [1.165, 1.54) is 5.06 Å². The maximum atomic E-state index is 11.9. The van der Waals surface area contributed by atoms with Gasteiger partial charge >= 0.3 is 0 Å². The molecule has 0 spiro atoms. The zero-order valence-electron chi connectivity index (χ0n) is 8.83. The van der Waals surface area contributed by atoms with Crippen LogP contribution in [-0.4, -0.2) is 22.2 Å². The van der Waals surface area contributed by atoms with Gasteiger partial charge in [0.2, 0.25) is 0 Å². The van der Waals surface area contributed by atoms with Gasteiger partial charge < -0.3 is 4.52 Å². The van der Waals surface area contributed by atoms with Crippen molar-refractivity contribution in [2.75, 3.05) is 0 Å². The second-order valence-corrected chi connectivity index (χ2v) is 5.36. The van der Waals surface area contributed by atoms with E-state index >= 15 is 0 Å². The van der Waals surface area contributed by atoms with Gasteiger partial charge in [0.1, 0.15) is 0 Å². The third-order valence-corrected chi connectivity index (χ3v) is 3.13. The summed E-state index contributed by atoms with van der Waals surface area (Å²) in [5.41, 5.74) is -0.633. The second kappa shape index (κ2) is 3.47. The summed E-state index contributed by atoms with van der Waals surface area (Å²) in [4.78, 5) is 0. The lowest BCUT2D eigenvalue weighted by Gasteiger charge is -2.49. The van der Waals surface area contributed by atoms with Crippen LogP contribution >= 0.6 is 9.47 Å². The van der Waals surface area contributed by atoms with Gasteiger partial charge in [-0.05, 0) is 40.5 Å². The van der Waals surface area contributed by atoms with Crippen molar-refractivity contribution in [3.8, 4) is 0 Å². The van der Waals surface area contributed by atoms with Gasteiger partial charge in [-0.2, -0.15) is 0 Å². The third-order valence-electron chi connectivity index (χ3n) is 2.75. The van der Waals surface area contributed by atoms with Crippen LogP contribution in [-0.2, 0) is 9.73 Å². The minimum absolute atomic E-state index is 0.181. The Labute approximate surface area is 82.7 Å². The molecule has 4 heteroatoms. The van der Waals surface area contributed by atoms with E-state index < -0.39 is 0 Å². The topological polar surface area (TPSA) is 32.4 Å². The fourth-order valence-corrected chi connectivity index (χ4v) is 2.46. The Kier molecular flexibility index (Phi) is 3.04.